The molecule has 0 aromatic heterocycles. The van der Waals surface area contributed by atoms with Gasteiger partial charge in [-0.05, 0) is 32.2 Å². The molecule has 1 aliphatic rings. The van der Waals surface area contributed by atoms with E-state index in [1.54, 1.807) is 0 Å². The molecule has 4 nitrogen and oxygen atoms in total. The summed E-state index contributed by atoms with van der Waals surface area (Å²) < 4.78 is 23.7. The molecular weight excluding hydrogens is 272 g/mol. The van der Waals surface area contributed by atoms with E-state index in [0.717, 1.165) is 12.5 Å². The zero-order valence-electron chi connectivity index (χ0n) is 10.8. The number of rotatable bonds is 3. The molecule has 0 aromatic carbocycles. The van der Waals surface area contributed by atoms with Gasteiger partial charge in [0, 0.05) is 0 Å². The zero-order chi connectivity index (χ0) is 12.2. The highest BCUT2D eigenvalue weighted by Gasteiger charge is 2.40. The van der Waals surface area contributed by atoms with Gasteiger partial charge in [-0.2, -0.15) is 0 Å². The van der Waals surface area contributed by atoms with Crippen molar-refractivity contribution in [3.05, 3.63) is 0 Å². The number of hydrogen-bond donors (Lipinski definition) is 0. The minimum atomic E-state index is -2.04. The van der Waals surface area contributed by atoms with Crippen LogP contribution in [-0.4, -0.2) is 36.4 Å². The van der Waals surface area contributed by atoms with Gasteiger partial charge in [0.05, 0.1) is 0 Å². The quantitative estimate of drug-likeness (QED) is 0.748. The fraction of sp³-hybridized carbons (Fsp3) is 1.00. The molecule has 1 heterocycles. The maximum atomic E-state index is 6.09. The van der Waals surface area contributed by atoms with Gasteiger partial charge in [-0.1, -0.05) is 19.8 Å². The van der Waals surface area contributed by atoms with Crippen LogP contribution >= 0.6 is 0 Å². The number of unbranched alkanes of at least 4 members (excludes halogenated alkanes) is 1. The van der Waals surface area contributed by atoms with Crippen LogP contribution in [0, 0.1) is 0 Å². The van der Waals surface area contributed by atoms with E-state index in [-0.39, 0.29) is 0 Å². The fourth-order valence-electron chi connectivity index (χ4n) is 1.70. The molecule has 0 bridgehead atoms. The Bertz CT molecular complexity index is 204. The van der Waals surface area contributed by atoms with Crippen molar-refractivity contribution in [2.75, 3.05) is 0 Å². The molecule has 0 N–H and O–H groups in total. The molecule has 8 heteroatoms. The van der Waals surface area contributed by atoms with Gasteiger partial charge in [0.2, 0.25) is 0 Å². The van der Waals surface area contributed by atoms with E-state index in [1.807, 2.05) is 19.6 Å². The second-order valence-electron chi connectivity index (χ2n) is 4.12. The van der Waals surface area contributed by atoms with Gasteiger partial charge in [-0.25, -0.2) is 0 Å². The third kappa shape index (κ3) is 4.92. The van der Waals surface area contributed by atoms with Crippen LogP contribution in [0.4, 0.5) is 0 Å². The zero-order valence-corrected chi connectivity index (χ0v) is 14.8. The summed E-state index contributed by atoms with van der Waals surface area (Å²) in [7, 11) is -5.57. The molecule has 0 atom stereocenters. The minimum Gasteiger partial charge on any atom is -0.415 e. The smallest absolute Gasteiger partial charge is 0.362 e. The predicted octanol–water partition coefficient (Wildman–Crippen LogP) is 2.29. The first kappa shape index (κ1) is 14.8. The van der Waals surface area contributed by atoms with Crippen LogP contribution in [0.5, 0.6) is 0 Å². The summed E-state index contributed by atoms with van der Waals surface area (Å²) in [5.41, 5.74) is 0. The Morgan fingerprint density at radius 3 is 1.88 bits per heavy atom. The topological polar surface area (TPSA) is 36.9 Å². The minimum absolute atomic E-state index is 1.05. The molecule has 93 valence electrons. The monoisotopic (exact) mass is 293 g/mol. The van der Waals surface area contributed by atoms with Crippen molar-refractivity contribution in [3.63, 3.8) is 0 Å². The van der Waals surface area contributed by atoms with Crippen molar-refractivity contribution in [2.45, 2.75) is 52.0 Å². The lowest BCUT2D eigenvalue weighted by Crippen LogP contribution is -2.52. The second kappa shape index (κ2) is 6.59. The Hall–Kier alpha value is 0.708. The highest BCUT2D eigenvalue weighted by atomic mass is 28.5. The standard InChI is InChI=1S/C8H21O4Si4/c1-6-7-8-16(5)11-14(3)9-13(2)10-15(4)12-16/h6-8H2,1-5H3. The largest absolute Gasteiger partial charge is 0.415 e. The lowest BCUT2D eigenvalue weighted by atomic mass is 10.4. The van der Waals surface area contributed by atoms with Crippen LogP contribution in [0.3, 0.4) is 0 Å². The van der Waals surface area contributed by atoms with Gasteiger partial charge in [0.1, 0.15) is 0 Å². The van der Waals surface area contributed by atoms with Crippen LogP contribution in [0.15, 0.2) is 0 Å². The lowest BCUT2D eigenvalue weighted by Gasteiger charge is -2.35. The molecule has 16 heavy (non-hydrogen) atoms. The van der Waals surface area contributed by atoms with Gasteiger partial charge >= 0.3 is 36.4 Å². The van der Waals surface area contributed by atoms with Crippen LogP contribution in [0.2, 0.25) is 32.2 Å². The molecule has 1 aliphatic heterocycles. The first-order valence-electron chi connectivity index (χ1n) is 5.69. The van der Waals surface area contributed by atoms with Crippen molar-refractivity contribution >= 4 is 36.4 Å². The van der Waals surface area contributed by atoms with Gasteiger partial charge in [0.25, 0.3) is 0 Å². The van der Waals surface area contributed by atoms with E-state index in [9.17, 15) is 0 Å². The molecule has 1 fully saturated rings. The van der Waals surface area contributed by atoms with E-state index in [2.05, 4.69) is 13.5 Å². The highest BCUT2D eigenvalue weighted by Crippen LogP contribution is 2.22. The molecule has 1 saturated heterocycles. The molecule has 3 radical (unpaired) electrons. The maximum Gasteiger partial charge on any atom is 0.362 e. The van der Waals surface area contributed by atoms with Crippen LogP contribution in [-0.2, 0) is 16.5 Å². The Balaban J connectivity index is 2.61. The normalized spacial score (nSPS) is 25.3. The van der Waals surface area contributed by atoms with Gasteiger partial charge in [-0.3, -0.25) is 0 Å². The molecular formula is C8H21O4Si4. The maximum absolute atomic E-state index is 6.09. The first-order chi connectivity index (χ1) is 7.45. The van der Waals surface area contributed by atoms with Gasteiger partial charge in [-0.15, -0.1) is 0 Å². The summed E-state index contributed by atoms with van der Waals surface area (Å²) in [5.74, 6) is 0. The van der Waals surface area contributed by atoms with Gasteiger partial charge in [0.15, 0.2) is 0 Å². The molecule has 0 aromatic rings. The Morgan fingerprint density at radius 1 is 0.938 bits per heavy atom. The SMILES string of the molecule is CCCC[Si]1(C)O[Si](C)O[Si](C)O[Si](C)O1. The van der Waals surface area contributed by atoms with Crippen molar-refractivity contribution in [3.8, 4) is 0 Å². The van der Waals surface area contributed by atoms with E-state index < -0.39 is 36.4 Å². The molecule has 0 aliphatic carbocycles. The average molecular weight is 294 g/mol. The number of hydrogen-bond acceptors (Lipinski definition) is 4. The van der Waals surface area contributed by atoms with E-state index >= 15 is 0 Å². The molecule has 1 rings (SSSR count). The van der Waals surface area contributed by atoms with Crippen LogP contribution in [0.1, 0.15) is 19.8 Å². The molecule has 0 amide bonds. The summed E-state index contributed by atoms with van der Waals surface area (Å²) in [6, 6.07) is 1.05. The Morgan fingerprint density at radius 2 is 1.44 bits per heavy atom. The predicted molar refractivity (Wildman–Crippen MR) is 70.5 cm³/mol. The van der Waals surface area contributed by atoms with Crippen molar-refractivity contribution in [1.29, 1.82) is 0 Å². The Kier molecular flexibility index (Phi) is 6.08. The highest BCUT2D eigenvalue weighted by molar-refractivity contribution is 6.81. The summed E-state index contributed by atoms with van der Waals surface area (Å²) in [5, 5.41) is 0. The molecule has 0 unspecified atom stereocenters. The molecule has 0 saturated carbocycles. The van der Waals surface area contributed by atoms with E-state index in [1.165, 1.54) is 6.42 Å². The van der Waals surface area contributed by atoms with E-state index in [4.69, 9.17) is 16.5 Å². The summed E-state index contributed by atoms with van der Waals surface area (Å²) >= 11 is 0. The van der Waals surface area contributed by atoms with Gasteiger partial charge < -0.3 is 16.5 Å². The van der Waals surface area contributed by atoms with Crippen molar-refractivity contribution in [2.24, 2.45) is 0 Å². The average Bonchev–Trinajstić information content (AvgIpc) is 2.11. The van der Waals surface area contributed by atoms with Crippen molar-refractivity contribution in [1.82, 2.24) is 0 Å². The second-order valence-corrected chi connectivity index (χ2v) is 13.1. The summed E-state index contributed by atoms with van der Waals surface area (Å²) in [6.45, 7) is 10.4. The molecule has 0 spiro atoms. The fourth-order valence-corrected chi connectivity index (χ4v) is 13.8. The van der Waals surface area contributed by atoms with E-state index in [0.29, 0.717) is 0 Å². The lowest BCUT2D eigenvalue weighted by molar-refractivity contribution is 0.273. The Labute approximate surface area is 105 Å². The van der Waals surface area contributed by atoms with Crippen LogP contribution in [0.25, 0.3) is 0 Å². The third-order valence-electron chi connectivity index (χ3n) is 2.28. The van der Waals surface area contributed by atoms with Crippen LogP contribution < -0.4 is 0 Å². The summed E-state index contributed by atoms with van der Waals surface area (Å²) in [4.78, 5) is 0. The van der Waals surface area contributed by atoms with Crippen molar-refractivity contribution < 1.29 is 16.5 Å². The first-order valence-corrected chi connectivity index (χ1v) is 13.7. The third-order valence-corrected chi connectivity index (χ3v) is 13.9. The summed E-state index contributed by atoms with van der Waals surface area (Å²) in [6.07, 6.45) is 2.34.